The first-order valence-corrected chi connectivity index (χ1v) is 10.6. The molecule has 0 aromatic heterocycles. The highest BCUT2D eigenvalue weighted by Gasteiger charge is 2.21. The first kappa shape index (κ1) is 22.0. The van der Waals surface area contributed by atoms with E-state index in [-0.39, 0.29) is 22.9 Å². The number of hydrogen-bond acceptors (Lipinski definition) is 7. The number of benzene rings is 3. The lowest BCUT2D eigenvalue weighted by molar-refractivity contribution is 0.390. The number of nitriles is 1. The minimum Gasteiger partial charge on any atom is -0.497 e. The lowest BCUT2D eigenvalue weighted by atomic mass is 10.2. The van der Waals surface area contributed by atoms with Gasteiger partial charge in [-0.25, -0.2) is 13.1 Å². The summed E-state index contributed by atoms with van der Waals surface area (Å²) in [4.78, 5) is -0.123. The van der Waals surface area contributed by atoms with Crippen LogP contribution in [0.15, 0.2) is 65.6 Å². The molecule has 160 valence electrons. The molecule has 0 aliphatic heterocycles. The molecule has 0 heterocycles. The Morgan fingerprint density at radius 1 is 0.968 bits per heavy atom. The number of nitrogen functional groups attached to an aromatic ring is 1. The van der Waals surface area contributed by atoms with Crippen molar-refractivity contribution in [3.8, 4) is 29.1 Å². The Morgan fingerprint density at radius 2 is 1.77 bits per heavy atom. The second kappa shape index (κ2) is 9.38. The van der Waals surface area contributed by atoms with Gasteiger partial charge in [0.15, 0.2) is 0 Å². The van der Waals surface area contributed by atoms with Crippen LogP contribution in [-0.2, 0) is 16.6 Å². The molecule has 8 nitrogen and oxygen atoms in total. The molecule has 0 aliphatic rings. The number of methoxy groups -OCH3 is 2. The lowest BCUT2D eigenvalue weighted by Crippen LogP contribution is -2.24. The maximum atomic E-state index is 13.1. The molecule has 0 atom stereocenters. The van der Waals surface area contributed by atoms with E-state index in [4.69, 9.17) is 25.2 Å². The van der Waals surface area contributed by atoms with E-state index in [9.17, 15) is 8.42 Å². The summed E-state index contributed by atoms with van der Waals surface area (Å²) >= 11 is 0. The van der Waals surface area contributed by atoms with Crippen LogP contribution in [0.5, 0.6) is 23.0 Å². The lowest BCUT2D eigenvalue weighted by Gasteiger charge is -2.15. The van der Waals surface area contributed by atoms with Gasteiger partial charge in [-0.2, -0.15) is 5.26 Å². The van der Waals surface area contributed by atoms with Crippen LogP contribution in [0.2, 0.25) is 0 Å². The minimum absolute atomic E-state index is 0.0202. The van der Waals surface area contributed by atoms with Gasteiger partial charge in [0.2, 0.25) is 10.0 Å². The molecular weight excluding hydrogens is 418 g/mol. The molecule has 3 aromatic carbocycles. The maximum absolute atomic E-state index is 13.1. The van der Waals surface area contributed by atoms with Gasteiger partial charge in [0.1, 0.15) is 27.9 Å². The van der Waals surface area contributed by atoms with Gasteiger partial charge in [-0.3, -0.25) is 0 Å². The Labute approximate surface area is 180 Å². The summed E-state index contributed by atoms with van der Waals surface area (Å²) in [7, 11) is -0.970. The van der Waals surface area contributed by atoms with Gasteiger partial charge in [0, 0.05) is 23.9 Å². The first-order chi connectivity index (χ1) is 14.9. The van der Waals surface area contributed by atoms with E-state index in [0.29, 0.717) is 28.4 Å². The normalized spacial score (nSPS) is 10.9. The van der Waals surface area contributed by atoms with Crippen LogP contribution in [0.3, 0.4) is 0 Å². The van der Waals surface area contributed by atoms with E-state index in [2.05, 4.69) is 4.72 Å². The summed E-state index contributed by atoms with van der Waals surface area (Å²) in [5, 5.41) is 9.06. The summed E-state index contributed by atoms with van der Waals surface area (Å²) in [6, 6.07) is 17.8. The zero-order valence-corrected chi connectivity index (χ0v) is 17.8. The highest BCUT2D eigenvalue weighted by Crippen LogP contribution is 2.31. The van der Waals surface area contributed by atoms with Crippen molar-refractivity contribution in [2.24, 2.45) is 0 Å². The van der Waals surface area contributed by atoms with Crippen LogP contribution in [0.4, 0.5) is 5.69 Å². The topological polar surface area (TPSA) is 124 Å². The summed E-state index contributed by atoms with van der Waals surface area (Å²) in [5.74, 6) is 1.49. The van der Waals surface area contributed by atoms with E-state index in [0.717, 1.165) is 0 Å². The van der Waals surface area contributed by atoms with Gasteiger partial charge in [0.05, 0.1) is 25.9 Å². The summed E-state index contributed by atoms with van der Waals surface area (Å²) in [6.07, 6.45) is 0. The van der Waals surface area contributed by atoms with Gasteiger partial charge < -0.3 is 19.9 Å². The molecule has 3 rings (SSSR count). The average Bonchev–Trinajstić information content (AvgIpc) is 2.78. The van der Waals surface area contributed by atoms with Crippen molar-refractivity contribution in [1.29, 1.82) is 5.26 Å². The summed E-state index contributed by atoms with van der Waals surface area (Å²) in [6.45, 7) is -0.0202. The fraction of sp³-hybridized carbons (Fsp3) is 0.136. The third-order valence-electron chi connectivity index (χ3n) is 4.40. The van der Waals surface area contributed by atoms with Crippen molar-refractivity contribution in [2.75, 3.05) is 20.0 Å². The largest absolute Gasteiger partial charge is 0.497 e. The fourth-order valence-corrected chi connectivity index (χ4v) is 3.99. The van der Waals surface area contributed by atoms with Crippen molar-refractivity contribution in [3.05, 3.63) is 71.8 Å². The highest BCUT2D eigenvalue weighted by atomic mass is 32.2. The van der Waals surface area contributed by atoms with Gasteiger partial charge >= 0.3 is 0 Å². The van der Waals surface area contributed by atoms with Crippen LogP contribution in [0, 0.1) is 11.3 Å². The molecule has 0 bridgehead atoms. The second-order valence-corrected chi connectivity index (χ2v) is 8.19. The third kappa shape index (κ3) is 5.25. The molecule has 0 unspecified atom stereocenters. The third-order valence-corrected chi connectivity index (χ3v) is 5.82. The summed E-state index contributed by atoms with van der Waals surface area (Å²) in [5.41, 5.74) is 7.10. The van der Waals surface area contributed by atoms with E-state index >= 15 is 0 Å². The van der Waals surface area contributed by atoms with Crippen LogP contribution in [0.25, 0.3) is 0 Å². The monoisotopic (exact) mass is 439 g/mol. The number of nitrogens with one attached hydrogen (secondary N) is 1. The zero-order valence-electron chi connectivity index (χ0n) is 17.0. The van der Waals surface area contributed by atoms with Gasteiger partial charge in [-0.15, -0.1) is 0 Å². The first-order valence-electron chi connectivity index (χ1n) is 9.14. The van der Waals surface area contributed by atoms with Gasteiger partial charge in [0.25, 0.3) is 0 Å². The molecule has 3 aromatic rings. The number of rotatable bonds is 8. The van der Waals surface area contributed by atoms with E-state index in [1.165, 1.54) is 38.5 Å². The molecule has 0 saturated carbocycles. The van der Waals surface area contributed by atoms with Gasteiger partial charge in [-0.05, 0) is 42.5 Å². The number of hydrogen-bond donors (Lipinski definition) is 2. The van der Waals surface area contributed by atoms with Crippen LogP contribution in [-0.4, -0.2) is 22.6 Å². The van der Waals surface area contributed by atoms with Crippen molar-refractivity contribution in [1.82, 2.24) is 4.72 Å². The van der Waals surface area contributed by atoms with Crippen LogP contribution >= 0.6 is 0 Å². The van der Waals surface area contributed by atoms with E-state index < -0.39 is 10.0 Å². The van der Waals surface area contributed by atoms with Crippen LogP contribution < -0.4 is 24.7 Å². The second-order valence-electron chi connectivity index (χ2n) is 6.45. The number of nitrogens with zero attached hydrogens (tertiary/aromatic N) is 1. The SMILES string of the molecule is COc1ccc(CNS(=O)(=O)c2cc(N)ccc2Oc2cccc(C#N)c2)c(OC)c1. The molecule has 3 N–H and O–H groups in total. The molecule has 0 radical (unpaired) electrons. The van der Waals surface area contributed by atoms with Crippen molar-refractivity contribution < 1.29 is 22.6 Å². The smallest absolute Gasteiger partial charge is 0.244 e. The van der Waals surface area contributed by atoms with Gasteiger partial charge in [-0.1, -0.05) is 12.1 Å². The Hall–Kier alpha value is -3.74. The quantitative estimate of drug-likeness (QED) is 0.515. The van der Waals surface area contributed by atoms with Crippen molar-refractivity contribution >= 4 is 15.7 Å². The van der Waals surface area contributed by atoms with E-state index in [1.54, 1.807) is 36.4 Å². The molecule has 0 fully saturated rings. The Bertz CT molecular complexity index is 1240. The molecule has 0 spiro atoms. The predicted molar refractivity (Wildman–Crippen MR) is 116 cm³/mol. The van der Waals surface area contributed by atoms with Crippen molar-refractivity contribution in [2.45, 2.75) is 11.4 Å². The zero-order chi connectivity index (χ0) is 22.4. The minimum atomic E-state index is -3.99. The summed E-state index contributed by atoms with van der Waals surface area (Å²) < 4.78 is 44.9. The number of anilines is 1. The number of sulfonamides is 1. The fourth-order valence-electron chi connectivity index (χ4n) is 2.82. The highest BCUT2D eigenvalue weighted by molar-refractivity contribution is 7.89. The molecule has 0 amide bonds. The molecule has 0 saturated heterocycles. The Kier molecular flexibility index (Phi) is 6.65. The molecule has 9 heteroatoms. The maximum Gasteiger partial charge on any atom is 0.244 e. The van der Waals surface area contributed by atoms with E-state index in [1.807, 2.05) is 6.07 Å². The molecule has 31 heavy (non-hydrogen) atoms. The average molecular weight is 439 g/mol. The van der Waals surface area contributed by atoms with Crippen molar-refractivity contribution in [3.63, 3.8) is 0 Å². The van der Waals surface area contributed by atoms with Crippen LogP contribution in [0.1, 0.15) is 11.1 Å². The Morgan fingerprint density at radius 3 is 2.48 bits per heavy atom. The Balaban J connectivity index is 1.89. The number of ether oxygens (including phenoxy) is 3. The molecular formula is C22H21N3O5S. The number of nitrogens with two attached hydrogens (primary N) is 1. The standard InChI is InChI=1S/C22H21N3O5S/c1-28-18-8-6-16(21(12-18)29-2)14-25-31(26,27)22-11-17(24)7-9-20(22)30-19-5-3-4-15(10-19)13-23/h3-12,25H,14,24H2,1-2H3. The predicted octanol–water partition coefficient (Wildman–Crippen LogP) is 3.43. The molecule has 0 aliphatic carbocycles.